The number of nitrogens with one attached hydrogen (secondary N) is 1. The largest absolute Gasteiger partial charge is 0.316 e. The molecule has 1 aromatic rings. The summed E-state index contributed by atoms with van der Waals surface area (Å²) >= 11 is 1.47. The summed E-state index contributed by atoms with van der Waals surface area (Å²) in [4.78, 5) is 0. The highest BCUT2D eigenvalue weighted by atomic mass is 32.1. The molecule has 0 bridgehead atoms. The van der Waals surface area contributed by atoms with E-state index in [9.17, 15) is 0 Å². The van der Waals surface area contributed by atoms with Crippen molar-refractivity contribution in [3.05, 3.63) is 11.1 Å². The second kappa shape index (κ2) is 4.84. The van der Waals surface area contributed by atoms with Crippen LogP contribution >= 0.6 is 11.5 Å². The van der Waals surface area contributed by atoms with Crippen molar-refractivity contribution in [1.82, 2.24) is 14.9 Å². The normalized spacial score (nSPS) is 27.8. The summed E-state index contributed by atoms with van der Waals surface area (Å²) in [5, 5.41) is 9.79. The zero-order chi connectivity index (χ0) is 9.80. The first-order chi connectivity index (χ1) is 6.92. The smallest absolute Gasteiger partial charge is 0.0790 e. The highest BCUT2D eigenvalue weighted by Crippen LogP contribution is 2.32. The molecule has 1 N–H and O–H groups in total. The predicted octanol–water partition coefficient (Wildman–Crippen LogP) is 2.03. The Balaban J connectivity index is 2.06. The first-order valence-corrected chi connectivity index (χ1v) is 6.23. The maximum Gasteiger partial charge on any atom is 0.0790 e. The van der Waals surface area contributed by atoms with Crippen LogP contribution in [0.15, 0.2) is 5.38 Å². The van der Waals surface area contributed by atoms with E-state index in [2.05, 4.69) is 27.2 Å². The third kappa shape index (κ3) is 2.12. The Morgan fingerprint density at radius 1 is 1.64 bits per heavy atom. The Bertz CT molecular complexity index is 258. The van der Waals surface area contributed by atoms with Gasteiger partial charge in [0.25, 0.3) is 0 Å². The van der Waals surface area contributed by atoms with E-state index in [0.29, 0.717) is 5.92 Å². The number of hydrogen-bond acceptors (Lipinski definition) is 4. The van der Waals surface area contributed by atoms with Gasteiger partial charge in [-0.3, -0.25) is 0 Å². The molecule has 1 saturated heterocycles. The molecule has 0 aliphatic carbocycles. The first kappa shape index (κ1) is 10.1. The fraction of sp³-hybridized carbons (Fsp3) is 0.800. The molecule has 0 aromatic carbocycles. The SMILES string of the molecule is CCCC1CNCCC1c1csnn1. The Labute approximate surface area is 89.1 Å². The van der Waals surface area contributed by atoms with Gasteiger partial charge in [0.05, 0.1) is 5.69 Å². The van der Waals surface area contributed by atoms with E-state index in [0.717, 1.165) is 19.0 Å². The Hall–Kier alpha value is -0.480. The van der Waals surface area contributed by atoms with Crippen molar-refractivity contribution in [2.45, 2.75) is 32.1 Å². The third-order valence-electron chi connectivity index (χ3n) is 3.02. The summed E-state index contributed by atoms with van der Waals surface area (Å²) in [7, 11) is 0. The summed E-state index contributed by atoms with van der Waals surface area (Å²) in [6.07, 6.45) is 3.78. The summed E-state index contributed by atoms with van der Waals surface area (Å²) in [5.74, 6) is 1.41. The average molecular weight is 211 g/mol. The van der Waals surface area contributed by atoms with E-state index >= 15 is 0 Å². The lowest BCUT2D eigenvalue weighted by Crippen LogP contribution is -2.35. The Kier molecular flexibility index (Phi) is 3.48. The van der Waals surface area contributed by atoms with Gasteiger partial charge >= 0.3 is 0 Å². The standard InChI is InChI=1S/C10H17N3S/c1-2-3-8-6-11-5-4-9(8)10-7-14-13-12-10/h7-9,11H,2-6H2,1H3. The van der Waals surface area contributed by atoms with Crippen LogP contribution in [0.3, 0.4) is 0 Å². The minimum Gasteiger partial charge on any atom is -0.316 e. The van der Waals surface area contributed by atoms with E-state index in [4.69, 9.17) is 0 Å². The predicted molar refractivity (Wildman–Crippen MR) is 58.5 cm³/mol. The number of hydrogen-bond donors (Lipinski definition) is 1. The lowest BCUT2D eigenvalue weighted by atomic mass is 9.82. The Morgan fingerprint density at radius 2 is 2.57 bits per heavy atom. The van der Waals surface area contributed by atoms with Crippen molar-refractivity contribution in [3.63, 3.8) is 0 Å². The molecule has 1 aliphatic rings. The van der Waals surface area contributed by atoms with Crippen molar-refractivity contribution in [2.75, 3.05) is 13.1 Å². The van der Waals surface area contributed by atoms with Gasteiger partial charge in [0.1, 0.15) is 0 Å². The molecule has 0 saturated carbocycles. The van der Waals surface area contributed by atoms with E-state index < -0.39 is 0 Å². The average Bonchev–Trinajstić information content (AvgIpc) is 2.72. The van der Waals surface area contributed by atoms with Crippen LogP contribution in [-0.4, -0.2) is 22.7 Å². The van der Waals surface area contributed by atoms with Gasteiger partial charge in [0.2, 0.25) is 0 Å². The molecule has 2 heterocycles. The zero-order valence-corrected chi connectivity index (χ0v) is 9.39. The van der Waals surface area contributed by atoms with Crippen molar-refractivity contribution >= 4 is 11.5 Å². The van der Waals surface area contributed by atoms with Gasteiger partial charge < -0.3 is 5.32 Å². The van der Waals surface area contributed by atoms with Crippen LogP contribution in [0.25, 0.3) is 0 Å². The summed E-state index contributed by atoms with van der Waals surface area (Å²) in [6.45, 7) is 4.53. The van der Waals surface area contributed by atoms with E-state index in [-0.39, 0.29) is 0 Å². The molecule has 3 nitrogen and oxygen atoms in total. The summed E-state index contributed by atoms with van der Waals surface area (Å²) < 4.78 is 3.96. The fourth-order valence-electron chi connectivity index (χ4n) is 2.32. The quantitative estimate of drug-likeness (QED) is 0.831. The van der Waals surface area contributed by atoms with E-state index in [1.165, 1.54) is 36.5 Å². The molecule has 2 unspecified atom stereocenters. The molecule has 14 heavy (non-hydrogen) atoms. The summed E-state index contributed by atoms with van der Waals surface area (Å²) in [6, 6.07) is 0. The van der Waals surface area contributed by atoms with Crippen molar-refractivity contribution < 1.29 is 0 Å². The van der Waals surface area contributed by atoms with Crippen molar-refractivity contribution in [1.29, 1.82) is 0 Å². The maximum absolute atomic E-state index is 4.21. The van der Waals surface area contributed by atoms with E-state index in [1.54, 1.807) is 0 Å². The molecule has 0 amide bonds. The van der Waals surface area contributed by atoms with Gasteiger partial charge in [-0.2, -0.15) is 0 Å². The van der Waals surface area contributed by atoms with Crippen molar-refractivity contribution in [3.8, 4) is 0 Å². The zero-order valence-electron chi connectivity index (χ0n) is 8.57. The minimum atomic E-state index is 0.648. The van der Waals surface area contributed by atoms with Crippen LogP contribution in [0, 0.1) is 5.92 Å². The molecular weight excluding hydrogens is 194 g/mol. The molecule has 1 aliphatic heterocycles. The van der Waals surface area contributed by atoms with Gasteiger partial charge in [-0.15, -0.1) is 5.10 Å². The fourth-order valence-corrected chi connectivity index (χ4v) is 2.84. The number of aromatic nitrogens is 2. The van der Waals surface area contributed by atoms with Crippen LogP contribution in [0.5, 0.6) is 0 Å². The highest BCUT2D eigenvalue weighted by molar-refractivity contribution is 7.03. The first-order valence-electron chi connectivity index (χ1n) is 5.39. The van der Waals surface area contributed by atoms with E-state index in [1.807, 2.05) is 0 Å². The molecule has 2 rings (SSSR count). The molecule has 2 atom stereocenters. The third-order valence-corrected chi connectivity index (χ3v) is 3.55. The van der Waals surface area contributed by atoms with Crippen molar-refractivity contribution in [2.24, 2.45) is 5.92 Å². The van der Waals surface area contributed by atoms with Gasteiger partial charge in [0.15, 0.2) is 0 Å². The number of rotatable bonds is 3. The second-order valence-electron chi connectivity index (χ2n) is 3.98. The molecule has 78 valence electrons. The topological polar surface area (TPSA) is 37.8 Å². The molecule has 1 aromatic heterocycles. The molecule has 0 spiro atoms. The molecule has 0 radical (unpaired) electrons. The molecular formula is C10H17N3S. The van der Waals surface area contributed by atoms with Gasteiger partial charge in [-0.1, -0.05) is 17.8 Å². The molecule has 4 heteroatoms. The number of nitrogens with zero attached hydrogens (tertiary/aromatic N) is 2. The monoisotopic (exact) mass is 211 g/mol. The van der Waals surface area contributed by atoms with Crippen LogP contribution in [0.2, 0.25) is 0 Å². The van der Waals surface area contributed by atoms with Gasteiger partial charge in [-0.25, -0.2) is 0 Å². The minimum absolute atomic E-state index is 0.648. The maximum atomic E-state index is 4.21. The second-order valence-corrected chi connectivity index (χ2v) is 4.59. The number of piperidine rings is 1. The van der Waals surface area contributed by atoms with Crippen LogP contribution in [-0.2, 0) is 0 Å². The lowest BCUT2D eigenvalue weighted by molar-refractivity contribution is 0.302. The van der Waals surface area contributed by atoms with Gasteiger partial charge in [-0.05, 0) is 43.4 Å². The van der Waals surface area contributed by atoms with Crippen LogP contribution in [0.4, 0.5) is 0 Å². The summed E-state index contributed by atoms with van der Waals surface area (Å²) in [5.41, 5.74) is 1.22. The molecule has 1 fully saturated rings. The highest BCUT2D eigenvalue weighted by Gasteiger charge is 2.27. The lowest BCUT2D eigenvalue weighted by Gasteiger charge is -2.30. The van der Waals surface area contributed by atoms with Crippen LogP contribution < -0.4 is 5.32 Å². The van der Waals surface area contributed by atoms with Crippen LogP contribution in [0.1, 0.15) is 37.8 Å². The Morgan fingerprint density at radius 3 is 3.29 bits per heavy atom. The van der Waals surface area contributed by atoms with Gasteiger partial charge in [0, 0.05) is 11.3 Å².